The van der Waals surface area contributed by atoms with Crippen LogP contribution in [0.1, 0.15) is 66.6 Å². The van der Waals surface area contributed by atoms with Crippen LogP contribution in [0.3, 0.4) is 0 Å². The molecule has 0 aromatic heterocycles. The molecular formula is C41H48N4O6. The Kier molecular flexibility index (Phi) is 10.9. The van der Waals surface area contributed by atoms with Gasteiger partial charge in [0.25, 0.3) is 0 Å². The van der Waals surface area contributed by atoms with E-state index in [0.29, 0.717) is 23.6 Å². The van der Waals surface area contributed by atoms with Crippen molar-refractivity contribution in [2.45, 2.75) is 51.2 Å². The Morgan fingerprint density at radius 3 is 2.16 bits per heavy atom. The highest BCUT2D eigenvalue weighted by Gasteiger charge is 2.43. The summed E-state index contributed by atoms with van der Waals surface area (Å²) < 4.78 is 15.6. The first kappa shape index (κ1) is 35.8. The molecule has 3 aromatic carbocycles. The molecule has 1 aliphatic carbocycles. The molecule has 2 fully saturated rings. The van der Waals surface area contributed by atoms with Crippen molar-refractivity contribution in [3.63, 3.8) is 0 Å². The molecule has 1 N–H and O–H groups in total. The number of ether oxygens (including phenoxy) is 3. The third-order valence-electron chi connectivity index (χ3n) is 10.0. The Hall–Kier alpha value is -5.01. The number of fused-ring (bicyclic) bond motifs is 3. The highest BCUT2D eigenvalue weighted by atomic mass is 16.6. The number of nitrogens with zero attached hydrogens (tertiary/aromatic N) is 3. The molecule has 10 nitrogen and oxygen atoms in total. The summed E-state index contributed by atoms with van der Waals surface area (Å²) in [5.41, 5.74) is 6.39. The minimum absolute atomic E-state index is 0.00878. The van der Waals surface area contributed by atoms with Crippen LogP contribution in [0.4, 0.5) is 15.3 Å². The highest BCUT2D eigenvalue weighted by molar-refractivity contribution is 5.93. The summed E-state index contributed by atoms with van der Waals surface area (Å²) in [6, 6.07) is 22.8. The normalized spacial score (nSPS) is 18.9. The Morgan fingerprint density at radius 1 is 0.863 bits per heavy atom. The van der Waals surface area contributed by atoms with Gasteiger partial charge in [0.15, 0.2) is 0 Å². The monoisotopic (exact) mass is 692 g/mol. The molecule has 2 saturated heterocycles. The SMILES string of the molecule is COC(=O)c1ccc(N2CCN(CC3CCN(C(=O)OC)C(C4c5ccccc5-c5ccccc54)C3)CC2)cc1C#CCNC(=O)OC(C)(C)C. The number of hydrogen-bond donors (Lipinski definition) is 1. The number of piperidine rings is 1. The number of nitrogens with one attached hydrogen (secondary N) is 1. The Bertz CT molecular complexity index is 1770. The zero-order valence-corrected chi connectivity index (χ0v) is 30.2. The van der Waals surface area contributed by atoms with Crippen molar-refractivity contribution in [2.24, 2.45) is 5.92 Å². The van der Waals surface area contributed by atoms with Crippen molar-refractivity contribution in [1.82, 2.24) is 15.1 Å². The van der Waals surface area contributed by atoms with Gasteiger partial charge in [-0.25, -0.2) is 14.4 Å². The molecule has 3 aromatic rings. The van der Waals surface area contributed by atoms with Gasteiger partial charge in [-0.05, 0) is 80.0 Å². The fourth-order valence-corrected chi connectivity index (χ4v) is 7.75. The molecule has 268 valence electrons. The van der Waals surface area contributed by atoms with Crippen molar-refractivity contribution in [3.8, 4) is 23.0 Å². The number of anilines is 1. The molecule has 6 rings (SSSR count). The first-order valence-corrected chi connectivity index (χ1v) is 17.7. The van der Waals surface area contributed by atoms with Gasteiger partial charge in [-0.2, -0.15) is 0 Å². The fourth-order valence-electron chi connectivity index (χ4n) is 7.75. The fraction of sp³-hybridized carbons (Fsp3) is 0.439. The summed E-state index contributed by atoms with van der Waals surface area (Å²) in [6.45, 7) is 10.6. The molecule has 0 radical (unpaired) electrons. The van der Waals surface area contributed by atoms with Crippen molar-refractivity contribution in [3.05, 3.63) is 89.0 Å². The van der Waals surface area contributed by atoms with Crippen LogP contribution in [-0.4, -0.2) is 99.6 Å². The van der Waals surface area contributed by atoms with E-state index in [0.717, 1.165) is 51.3 Å². The predicted octanol–water partition coefficient (Wildman–Crippen LogP) is 6.13. The van der Waals surface area contributed by atoms with Gasteiger partial charge in [0.1, 0.15) is 5.60 Å². The third kappa shape index (κ3) is 8.15. The molecule has 2 aliphatic heterocycles. The number of benzene rings is 3. The number of methoxy groups -OCH3 is 2. The van der Waals surface area contributed by atoms with E-state index in [4.69, 9.17) is 14.2 Å². The highest BCUT2D eigenvalue weighted by Crippen LogP contribution is 2.49. The summed E-state index contributed by atoms with van der Waals surface area (Å²) in [6.07, 6.45) is 1.04. The Balaban J connectivity index is 1.11. The second-order valence-electron chi connectivity index (χ2n) is 14.4. The van der Waals surface area contributed by atoms with Crippen molar-refractivity contribution < 1.29 is 28.6 Å². The van der Waals surface area contributed by atoms with Crippen LogP contribution < -0.4 is 10.2 Å². The van der Waals surface area contributed by atoms with Gasteiger partial charge in [-0.15, -0.1) is 0 Å². The average molecular weight is 693 g/mol. The number of likely N-dealkylation sites (tertiary alicyclic amines) is 1. The Morgan fingerprint density at radius 2 is 1.53 bits per heavy atom. The summed E-state index contributed by atoms with van der Waals surface area (Å²) in [7, 11) is 2.83. The van der Waals surface area contributed by atoms with E-state index >= 15 is 0 Å². The maximum atomic E-state index is 13.1. The van der Waals surface area contributed by atoms with Gasteiger partial charge in [0, 0.05) is 62.5 Å². The van der Waals surface area contributed by atoms with Gasteiger partial charge in [0.05, 0.1) is 26.3 Å². The number of carbonyl (C=O) groups is 3. The van der Waals surface area contributed by atoms with Crippen molar-refractivity contribution >= 4 is 23.8 Å². The van der Waals surface area contributed by atoms with E-state index in [-0.39, 0.29) is 24.6 Å². The van der Waals surface area contributed by atoms with Crippen LogP contribution in [0.25, 0.3) is 11.1 Å². The number of hydrogen-bond acceptors (Lipinski definition) is 8. The summed E-state index contributed by atoms with van der Waals surface area (Å²) in [5, 5.41) is 2.63. The van der Waals surface area contributed by atoms with Gasteiger partial charge < -0.3 is 29.3 Å². The topological polar surface area (TPSA) is 101 Å². The van der Waals surface area contributed by atoms with Gasteiger partial charge in [-0.1, -0.05) is 60.4 Å². The lowest BCUT2D eigenvalue weighted by molar-refractivity contribution is 0.0533. The largest absolute Gasteiger partial charge is 0.465 e. The van der Waals surface area contributed by atoms with E-state index in [1.807, 2.05) is 17.0 Å². The van der Waals surface area contributed by atoms with E-state index < -0.39 is 17.7 Å². The predicted molar refractivity (Wildman–Crippen MR) is 197 cm³/mol. The minimum atomic E-state index is -0.603. The first-order chi connectivity index (χ1) is 24.6. The summed E-state index contributed by atoms with van der Waals surface area (Å²) in [5.74, 6) is 6.08. The second kappa shape index (κ2) is 15.5. The van der Waals surface area contributed by atoms with Crippen LogP contribution >= 0.6 is 0 Å². The van der Waals surface area contributed by atoms with Gasteiger partial charge in [-0.3, -0.25) is 4.90 Å². The van der Waals surface area contributed by atoms with E-state index in [2.05, 4.69) is 75.5 Å². The molecule has 10 heteroatoms. The number of esters is 1. The number of piperazine rings is 1. The molecular weight excluding hydrogens is 644 g/mol. The zero-order chi connectivity index (χ0) is 36.1. The van der Waals surface area contributed by atoms with Crippen molar-refractivity contribution in [1.29, 1.82) is 0 Å². The van der Waals surface area contributed by atoms with Crippen LogP contribution in [0.5, 0.6) is 0 Å². The standard InChI is InChI=1S/C41H48N4O6/c1-41(2,3)51-39(47)42-19-10-11-29-26-30(16-17-31(29)38(46)49-4)44-23-21-43(22-24-44)27-28-18-20-45(40(48)50-5)36(25-28)37-34-14-8-6-12-32(34)33-13-7-9-15-35(33)37/h6-9,12-17,26,28,36-37H,18-25,27H2,1-5H3,(H,42,47). The van der Waals surface area contributed by atoms with Crippen LogP contribution in [-0.2, 0) is 14.2 Å². The quantitative estimate of drug-likeness (QED) is 0.187. The van der Waals surface area contributed by atoms with Crippen LogP contribution in [0, 0.1) is 17.8 Å². The lowest BCUT2D eigenvalue weighted by Crippen LogP contribution is -2.52. The van der Waals surface area contributed by atoms with E-state index in [1.165, 1.54) is 36.5 Å². The molecule has 0 spiro atoms. The maximum Gasteiger partial charge on any atom is 0.409 e. The lowest BCUT2D eigenvalue weighted by atomic mass is 9.79. The molecule has 0 saturated carbocycles. The lowest BCUT2D eigenvalue weighted by Gasteiger charge is -2.44. The van der Waals surface area contributed by atoms with Gasteiger partial charge >= 0.3 is 18.2 Å². The van der Waals surface area contributed by atoms with Crippen LogP contribution in [0.2, 0.25) is 0 Å². The molecule has 2 unspecified atom stereocenters. The minimum Gasteiger partial charge on any atom is -0.465 e. The van der Waals surface area contributed by atoms with Crippen molar-refractivity contribution in [2.75, 3.05) is 64.9 Å². The number of alkyl carbamates (subject to hydrolysis) is 1. The number of amides is 2. The molecule has 2 atom stereocenters. The van der Waals surface area contributed by atoms with E-state index in [1.54, 1.807) is 26.8 Å². The summed E-state index contributed by atoms with van der Waals surface area (Å²) >= 11 is 0. The first-order valence-electron chi connectivity index (χ1n) is 17.7. The third-order valence-corrected chi connectivity index (χ3v) is 10.0. The van der Waals surface area contributed by atoms with Gasteiger partial charge in [0.2, 0.25) is 0 Å². The molecule has 51 heavy (non-hydrogen) atoms. The second-order valence-corrected chi connectivity index (χ2v) is 14.4. The molecule has 0 bridgehead atoms. The summed E-state index contributed by atoms with van der Waals surface area (Å²) in [4.78, 5) is 44.5. The zero-order valence-electron chi connectivity index (χ0n) is 30.2. The molecule has 2 amide bonds. The Labute approximate surface area is 301 Å². The molecule has 3 aliphatic rings. The average Bonchev–Trinajstić information content (AvgIpc) is 3.46. The maximum absolute atomic E-state index is 13.1. The molecule has 2 heterocycles. The van der Waals surface area contributed by atoms with Crippen LogP contribution in [0.15, 0.2) is 66.7 Å². The number of carbonyl (C=O) groups excluding carboxylic acids is 3. The van der Waals surface area contributed by atoms with E-state index in [9.17, 15) is 14.4 Å². The number of rotatable bonds is 6. The smallest absolute Gasteiger partial charge is 0.409 e.